The Balaban J connectivity index is 1.99. The summed E-state index contributed by atoms with van der Waals surface area (Å²) >= 11 is 0. The van der Waals surface area contributed by atoms with E-state index in [1.165, 1.54) is 37.8 Å². The molecule has 2 rings (SSSR count). The predicted octanol–water partition coefficient (Wildman–Crippen LogP) is 3.65. The molecule has 1 aromatic rings. The largest absolute Gasteiger partial charge is 0.387 e. The number of aliphatic hydroxyl groups is 1. The van der Waals surface area contributed by atoms with Gasteiger partial charge in [0, 0.05) is 18.2 Å². The molecule has 112 valence electrons. The summed E-state index contributed by atoms with van der Waals surface area (Å²) in [5.74, 6) is -1.84. The van der Waals surface area contributed by atoms with Crippen LogP contribution in [0.25, 0.3) is 0 Å². The molecule has 0 aromatic heterocycles. The van der Waals surface area contributed by atoms with Gasteiger partial charge in [0.1, 0.15) is 0 Å². The molecule has 1 aliphatic carbocycles. The molecule has 0 aliphatic heterocycles. The van der Waals surface area contributed by atoms with Gasteiger partial charge < -0.3 is 10.0 Å². The SMILES string of the molecule is CN(CC(O)c1cccc(F)c1F)C1CCCCCC1. The Labute approximate surface area is 119 Å². The van der Waals surface area contributed by atoms with Crippen molar-refractivity contribution in [2.75, 3.05) is 13.6 Å². The van der Waals surface area contributed by atoms with E-state index in [0.29, 0.717) is 12.6 Å². The van der Waals surface area contributed by atoms with Gasteiger partial charge in [-0.1, -0.05) is 37.8 Å². The second kappa shape index (κ2) is 7.14. The molecule has 0 bridgehead atoms. The maximum Gasteiger partial charge on any atom is 0.164 e. The van der Waals surface area contributed by atoms with Crippen molar-refractivity contribution in [1.29, 1.82) is 0 Å². The summed E-state index contributed by atoms with van der Waals surface area (Å²) in [5, 5.41) is 10.1. The summed E-state index contributed by atoms with van der Waals surface area (Å²) in [7, 11) is 1.95. The van der Waals surface area contributed by atoms with Crippen LogP contribution in [0.2, 0.25) is 0 Å². The molecule has 4 heteroatoms. The number of aliphatic hydroxyl groups excluding tert-OH is 1. The molecule has 2 nitrogen and oxygen atoms in total. The molecular weight excluding hydrogens is 260 g/mol. The Morgan fingerprint density at radius 3 is 2.50 bits per heavy atom. The van der Waals surface area contributed by atoms with Crippen LogP contribution in [0.15, 0.2) is 18.2 Å². The molecule has 1 unspecified atom stereocenters. The van der Waals surface area contributed by atoms with Crippen LogP contribution in [-0.4, -0.2) is 29.6 Å². The van der Waals surface area contributed by atoms with Gasteiger partial charge in [-0.05, 0) is 26.0 Å². The van der Waals surface area contributed by atoms with Gasteiger partial charge in [0.15, 0.2) is 11.6 Å². The van der Waals surface area contributed by atoms with E-state index in [4.69, 9.17) is 0 Å². The van der Waals surface area contributed by atoms with Crippen LogP contribution in [0.4, 0.5) is 8.78 Å². The van der Waals surface area contributed by atoms with Crippen molar-refractivity contribution < 1.29 is 13.9 Å². The second-order valence-electron chi connectivity index (χ2n) is 5.74. The summed E-state index contributed by atoms with van der Waals surface area (Å²) in [6, 6.07) is 4.39. The molecule has 0 heterocycles. The standard InChI is InChI=1S/C16H23F2NO/c1-19(12-7-4-2-3-5-8-12)11-15(20)13-9-6-10-14(17)16(13)18/h6,9-10,12,15,20H,2-5,7-8,11H2,1H3. The van der Waals surface area contributed by atoms with Crippen LogP contribution >= 0.6 is 0 Å². The van der Waals surface area contributed by atoms with Crippen LogP contribution in [0.5, 0.6) is 0 Å². The monoisotopic (exact) mass is 283 g/mol. The highest BCUT2D eigenvalue weighted by Crippen LogP contribution is 2.24. The zero-order valence-electron chi connectivity index (χ0n) is 12.0. The lowest BCUT2D eigenvalue weighted by atomic mass is 10.0. The van der Waals surface area contributed by atoms with Gasteiger partial charge in [-0.25, -0.2) is 8.78 Å². The Morgan fingerprint density at radius 1 is 1.20 bits per heavy atom. The Hall–Kier alpha value is -1.00. The lowest BCUT2D eigenvalue weighted by molar-refractivity contribution is 0.0959. The fourth-order valence-electron chi connectivity index (χ4n) is 3.00. The van der Waals surface area contributed by atoms with Crippen molar-refractivity contribution in [2.45, 2.75) is 50.7 Å². The van der Waals surface area contributed by atoms with Crippen LogP contribution in [0, 0.1) is 11.6 Å². The van der Waals surface area contributed by atoms with E-state index in [9.17, 15) is 13.9 Å². The van der Waals surface area contributed by atoms with E-state index in [2.05, 4.69) is 4.90 Å². The fraction of sp³-hybridized carbons (Fsp3) is 0.625. The fourth-order valence-corrected chi connectivity index (χ4v) is 3.00. The number of benzene rings is 1. The van der Waals surface area contributed by atoms with E-state index in [0.717, 1.165) is 18.9 Å². The quantitative estimate of drug-likeness (QED) is 0.853. The first-order chi connectivity index (χ1) is 9.59. The van der Waals surface area contributed by atoms with E-state index in [1.807, 2.05) is 7.05 Å². The number of hydrogen-bond acceptors (Lipinski definition) is 2. The van der Waals surface area contributed by atoms with Gasteiger partial charge in [0.05, 0.1) is 6.10 Å². The summed E-state index contributed by atoms with van der Waals surface area (Å²) in [5.41, 5.74) is 0.0467. The molecule has 1 atom stereocenters. The first kappa shape index (κ1) is 15.4. The maximum absolute atomic E-state index is 13.7. The highest BCUT2D eigenvalue weighted by Gasteiger charge is 2.22. The Morgan fingerprint density at radius 2 is 1.85 bits per heavy atom. The maximum atomic E-state index is 13.7. The third kappa shape index (κ3) is 3.76. The number of hydrogen-bond donors (Lipinski definition) is 1. The highest BCUT2D eigenvalue weighted by atomic mass is 19.2. The average Bonchev–Trinajstić information content (AvgIpc) is 2.70. The minimum atomic E-state index is -0.987. The minimum Gasteiger partial charge on any atom is -0.387 e. The van der Waals surface area contributed by atoms with Crippen molar-refractivity contribution in [1.82, 2.24) is 4.90 Å². The van der Waals surface area contributed by atoms with Crippen molar-refractivity contribution >= 4 is 0 Å². The van der Waals surface area contributed by atoms with E-state index in [1.54, 1.807) is 0 Å². The third-order valence-electron chi connectivity index (χ3n) is 4.25. The molecule has 20 heavy (non-hydrogen) atoms. The number of nitrogens with zero attached hydrogens (tertiary/aromatic N) is 1. The molecule has 1 aromatic carbocycles. The Bertz CT molecular complexity index is 430. The topological polar surface area (TPSA) is 23.5 Å². The first-order valence-electron chi connectivity index (χ1n) is 7.42. The van der Waals surface area contributed by atoms with E-state index < -0.39 is 17.7 Å². The zero-order chi connectivity index (χ0) is 14.5. The number of rotatable bonds is 4. The highest BCUT2D eigenvalue weighted by molar-refractivity contribution is 5.21. The van der Waals surface area contributed by atoms with Crippen LogP contribution in [-0.2, 0) is 0 Å². The van der Waals surface area contributed by atoms with Crippen molar-refractivity contribution in [3.05, 3.63) is 35.4 Å². The van der Waals surface area contributed by atoms with Crippen molar-refractivity contribution in [2.24, 2.45) is 0 Å². The van der Waals surface area contributed by atoms with Gasteiger partial charge in [0.2, 0.25) is 0 Å². The van der Waals surface area contributed by atoms with Gasteiger partial charge in [-0.3, -0.25) is 0 Å². The van der Waals surface area contributed by atoms with Crippen LogP contribution in [0.1, 0.15) is 50.2 Å². The smallest absolute Gasteiger partial charge is 0.164 e. The van der Waals surface area contributed by atoms with Crippen molar-refractivity contribution in [3.8, 4) is 0 Å². The van der Waals surface area contributed by atoms with Gasteiger partial charge in [-0.15, -0.1) is 0 Å². The molecule has 0 spiro atoms. The first-order valence-corrected chi connectivity index (χ1v) is 7.42. The van der Waals surface area contributed by atoms with Crippen molar-refractivity contribution in [3.63, 3.8) is 0 Å². The molecule has 1 N–H and O–H groups in total. The molecule has 1 saturated carbocycles. The predicted molar refractivity (Wildman–Crippen MR) is 75.4 cm³/mol. The molecule has 0 saturated heterocycles. The minimum absolute atomic E-state index is 0.0467. The summed E-state index contributed by atoms with van der Waals surface area (Å²) < 4.78 is 26.8. The number of halogens is 2. The lowest BCUT2D eigenvalue weighted by Crippen LogP contribution is -2.35. The molecule has 1 aliphatic rings. The third-order valence-corrected chi connectivity index (χ3v) is 4.25. The van der Waals surface area contributed by atoms with Crippen LogP contribution < -0.4 is 0 Å². The van der Waals surface area contributed by atoms with Gasteiger partial charge in [0.25, 0.3) is 0 Å². The van der Waals surface area contributed by atoms with Crippen LogP contribution in [0.3, 0.4) is 0 Å². The molecular formula is C16H23F2NO. The van der Waals surface area contributed by atoms with Gasteiger partial charge in [-0.2, -0.15) is 0 Å². The average molecular weight is 283 g/mol. The van der Waals surface area contributed by atoms with E-state index in [-0.39, 0.29) is 5.56 Å². The lowest BCUT2D eigenvalue weighted by Gasteiger charge is -2.29. The van der Waals surface area contributed by atoms with E-state index >= 15 is 0 Å². The normalized spacial score (nSPS) is 19.1. The molecule has 0 radical (unpaired) electrons. The summed E-state index contributed by atoms with van der Waals surface area (Å²) in [6.45, 7) is 0.338. The summed E-state index contributed by atoms with van der Waals surface area (Å²) in [6.07, 6.45) is 6.21. The second-order valence-corrected chi connectivity index (χ2v) is 5.74. The zero-order valence-corrected chi connectivity index (χ0v) is 12.0. The number of likely N-dealkylation sites (N-methyl/N-ethyl adjacent to an activating group) is 1. The molecule has 0 amide bonds. The molecule has 1 fully saturated rings. The van der Waals surface area contributed by atoms with Gasteiger partial charge >= 0.3 is 0 Å². The Kier molecular flexibility index (Phi) is 5.49. The summed E-state index contributed by atoms with van der Waals surface area (Å²) in [4.78, 5) is 2.08.